The van der Waals surface area contributed by atoms with Crippen molar-refractivity contribution in [2.45, 2.75) is 31.9 Å². The van der Waals surface area contributed by atoms with Crippen molar-refractivity contribution >= 4 is 11.9 Å². The number of rotatable bonds is 7. The number of benzene rings is 2. The number of carbonyl (C=O) groups excluding carboxylic acids is 1. The zero-order chi connectivity index (χ0) is 18.4. The molecule has 6 heteroatoms. The maximum Gasteiger partial charge on any atom is 0.335 e. The zero-order valence-electron chi connectivity index (χ0n) is 13.8. The molecule has 2 aromatic carbocycles. The van der Waals surface area contributed by atoms with Gasteiger partial charge >= 0.3 is 5.97 Å². The molecule has 0 bridgehead atoms. The lowest BCUT2D eigenvalue weighted by molar-refractivity contribution is -0.126. The van der Waals surface area contributed by atoms with Gasteiger partial charge in [0, 0.05) is 12.1 Å². The molecule has 0 fully saturated rings. The van der Waals surface area contributed by atoms with Crippen molar-refractivity contribution in [3.63, 3.8) is 0 Å². The molecule has 1 amide bonds. The van der Waals surface area contributed by atoms with Gasteiger partial charge in [0.25, 0.3) is 0 Å². The summed E-state index contributed by atoms with van der Waals surface area (Å²) in [7, 11) is 0. The van der Waals surface area contributed by atoms with Gasteiger partial charge in [0.1, 0.15) is 5.82 Å². The fraction of sp³-hybridized carbons (Fsp3) is 0.263. The Bertz CT molecular complexity index is 763. The molecule has 0 aromatic heterocycles. The molecule has 5 nitrogen and oxygen atoms in total. The summed E-state index contributed by atoms with van der Waals surface area (Å²) in [6.07, 6.45) is 0.203. The average Bonchev–Trinajstić information content (AvgIpc) is 2.61. The lowest BCUT2D eigenvalue weighted by Crippen LogP contribution is -2.34. The van der Waals surface area contributed by atoms with Gasteiger partial charge in [0.05, 0.1) is 17.6 Å². The molecule has 0 saturated heterocycles. The highest BCUT2D eigenvalue weighted by Crippen LogP contribution is 2.28. The number of carbonyl (C=O) groups is 2. The minimum Gasteiger partial charge on any atom is -0.478 e. The Morgan fingerprint density at radius 3 is 2.40 bits per heavy atom. The van der Waals surface area contributed by atoms with Gasteiger partial charge in [-0.2, -0.15) is 0 Å². The lowest BCUT2D eigenvalue weighted by Gasteiger charge is -2.26. The van der Waals surface area contributed by atoms with E-state index >= 15 is 0 Å². The van der Waals surface area contributed by atoms with Crippen LogP contribution in [-0.4, -0.2) is 22.1 Å². The smallest absolute Gasteiger partial charge is 0.335 e. The Labute approximate surface area is 145 Å². The number of hydrogen-bond acceptors (Lipinski definition) is 3. The molecule has 1 atom stereocenters. The summed E-state index contributed by atoms with van der Waals surface area (Å²) < 4.78 is 13.9. The van der Waals surface area contributed by atoms with Gasteiger partial charge in [-0.05, 0) is 24.1 Å². The summed E-state index contributed by atoms with van der Waals surface area (Å²) in [5.74, 6) is -2.34. The molecule has 0 saturated carbocycles. The number of nitrogens with one attached hydrogen (secondary N) is 1. The van der Waals surface area contributed by atoms with E-state index < -0.39 is 23.3 Å². The summed E-state index contributed by atoms with van der Waals surface area (Å²) in [4.78, 5) is 23.0. The quantitative estimate of drug-likeness (QED) is 0.720. The first-order valence-corrected chi connectivity index (χ1v) is 7.92. The van der Waals surface area contributed by atoms with E-state index in [0.29, 0.717) is 12.0 Å². The Kier molecular flexibility index (Phi) is 5.88. The summed E-state index contributed by atoms with van der Waals surface area (Å²) in [5, 5.41) is 22.1. The third kappa shape index (κ3) is 4.64. The van der Waals surface area contributed by atoms with Gasteiger partial charge in [-0.1, -0.05) is 43.3 Å². The molecule has 0 aliphatic heterocycles. The molecular weight excluding hydrogens is 325 g/mol. The number of hydrogen-bond donors (Lipinski definition) is 3. The van der Waals surface area contributed by atoms with Gasteiger partial charge in [-0.25, -0.2) is 9.18 Å². The largest absolute Gasteiger partial charge is 0.478 e. The van der Waals surface area contributed by atoms with E-state index in [1.165, 1.54) is 12.1 Å². The average molecular weight is 345 g/mol. The molecule has 0 aliphatic rings. The molecule has 0 radical (unpaired) electrons. The highest BCUT2D eigenvalue weighted by molar-refractivity contribution is 5.87. The minimum absolute atomic E-state index is 0.0842. The van der Waals surface area contributed by atoms with E-state index in [-0.39, 0.29) is 24.1 Å². The van der Waals surface area contributed by atoms with Crippen LogP contribution < -0.4 is 5.32 Å². The number of aliphatic hydroxyl groups is 1. The van der Waals surface area contributed by atoms with Crippen LogP contribution in [-0.2, 0) is 16.9 Å². The van der Waals surface area contributed by atoms with Crippen LogP contribution in [0.5, 0.6) is 0 Å². The van der Waals surface area contributed by atoms with Crippen molar-refractivity contribution in [3.05, 3.63) is 71.0 Å². The van der Waals surface area contributed by atoms with Gasteiger partial charge in [-0.15, -0.1) is 0 Å². The Morgan fingerprint density at radius 1 is 1.16 bits per heavy atom. The summed E-state index contributed by atoms with van der Waals surface area (Å²) in [6.45, 7) is 1.70. The number of carboxylic acids is 1. The highest BCUT2D eigenvalue weighted by Gasteiger charge is 2.30. The van der Waals surface area contributed by atoms with E-state index in [0.717, 1.165) is 6.07 Å². The topological polar surface area (TPSA) is 86.6 Å². The van der Waals surface area contributed by atoms with Gasteiger partial charge in [-0.3, -0.25) is 4.79 Å². The molecule has 2 aromatic rings. The molecular formula is C19H20FNO4. The summed E-state index contributed by atoms with van der Waals surface area (Å²) in [6, 6.07) is 12.4. The maximum absolute atomic E-state index is 13.9. The molecule has 2 rings (SSSR count). The van der Waals surface area contributed by atoms with Crippen molar-refractivity contribution < 1.29 is 24.2 Å². The van der Waals surface area contributed by atoms with Crippen LogP contribution in [0, 0.1) is 5.82 Å². The van der Waals surface area contributed by atoms with E-state index in [1.807, 2.05) is 6.07 Å². The van der Waals surface area contributed by atoms with Crippen LogP contribution in [0.4, 0.5) is 4.39 Å². The molecule has 25 heavy (non-hydrogen) atoms. The first kappa shape index (κ1) is 18.6. The molecule has 0 spiro atoms. The van der Waals surface area contributed by atoms with E-state index in [2.05, 4.69) is 5.32 Å². The van der Waals surface area contributed by atoms with Gasteiger partial charge in [0.15, 0.2) is 0 Å². The van der Waals surface area contributed by atoms with Crippen molar-refractivity contribution in [2.75, 3.05) is 0 Å². The number of amides is 1. The number of aromatic carboxylic acids is 1. The monoisotopic (exact) mass is 345 g/mol. The normalized spacial score (nSPS) is 13.1. The molecule has 1 unspecified atom stereocenters. The van der Waals surface area contributed by atoms with Crippen LogP contribution in [0.2, 0.25) is 0 Å². The van der Waals surface area contributed by atoms with E-state index in [1.54, 1.807) is 31.2 Å². The third-order valence-electron chi connectivity index (χ3n) is 4.13. The Morgan fingerprint density at radius 2 is 1.84 bits per heavy atom. The zero-order valence-corrected chi connectivity index (χ0v) is 13.8. The second-order valence-corrected chi connectivity index (χ2v) is 5.82. The fourth-order valence-corrected chi connectivity index (χ4v) is 2.53. The standard InChI is InChI=1S/C19H20FNO4/c1-2-19(25,15-6-4-3-5-7-15)11-17(22)21-12-14-9-8-13(18(23)24)10-16(14)20/h3-10,25H,2,11-12H2,1H3,(H,21,22)(H,23,24). The first-order valence-electron chi connectivity index (χ1n) is 7.92. The summed E-state index contributed by atoms with van der Waals surface area (Å²) in [5.41, 5.74) is -0.628. The second kappa shape index (κ2) is 7.90. The Balaban J connectivity index is 2.02. The molecule has 0 aliphatic carbocycles. The van der Waals surface area contributed by atoms with Crippen LogP contribution in [0.15, 0.2) is 48.5 Å². The minimum atomic E-state index is -1.29. The molecule has 132 valence electrons. The lowest BCUT2D eigenvalue weighted by atomic mass is 9.87. The van der Waals surface area contributed by atoms with Crippen molar-refractivity contribution in [2.24, 2.45) is 0 Å². The van der Waals surface area contributed by atoms with Gasteiger partial charge < -0.3 is 15.5 Å². The fourth-order valence-electron chi connectivity index (χ4n) is 2.53. The van der Waals surface area contributed by atoms with Gasteiger partial charge in [0.2, 0.25) is 5.91 Å². The van der Waals surface area contributed by atoms with Crippen LogP contribution >= 0.6 is 0 Å². The predicted octanol–water partition coefficient (Wildman–Crippen LogP) is 2.83. The van der Waals surface area contributed by atoms with E-state index in [9.17, 15) is 19.1 Å². The van der Waals surface area contributed by atoms with Crippen LogP contribution in [0.25, 0.3) is 0 Å². The SMILES string of the molecule is CCC(O)(CC(=O)NCc1ccc(C(=O)O)cc1F)c1ccccc1. The van der Waals surface area contributed by atoms with Crippen LogP contribution in [0.3, 0.4) is 0 Å². The van der Waals surface area contributed by atoms with Crippen molar-refractivity contribution in [1.82, 2.24) is 5.32 Å². The third-order valence-corrected chi connectivity index (χ3v) is 4.13. The van der Waals surface area contributed by atoms with Crippen LogP contribution in [0.1, 0.15) is 41.3 Å². The highest BCUT2D eigenvalue weighted by atomic mass is 19.1. The Hall–Kier alpha value is -2.73. The van der Waals surface area contributed by atoms with E-state index in [4.69, 9.17) is 5.11 Å². The second-order valence-electron chi connectivity index (χ2n) is 5.82. The maximum atomic E-state index is 13.9. The summed E-state index contributed by atoms with van der Waals surface area (Å²) >= 11 is 0. The predicted molar refractivity (Wildman–Crippen MR) is 90.5 cm³/mol. The number of halogens is 1. The molecule has 0 heterocycles. The van der Waals surface area contributed by atoms with Crippen molar-refractivity contribution in [1.29, 1.82) is 0 Å². The first-order chi connectivity index (χ1) is 11.9. The van der Waals surface area contributed by atoms with Crippen molar-refractivity contribution in [3.8, 4) is 0 Å². The molecule has 3 N–H and O–H groups in total. The number of carboxylic acid groups (broad SMARTS) is 1.